The lowest BCUT2D eigenvalue weighted by molar-refractivity contribution is -0.136. The van der Waals surface area contributed by atoms with Gasteiger partial charge in [-0.25, -0.2) is 10.2 Å². The molecule has 1 heterocycles. The molecule has 204 valence electrons. The summed E-state index contributed by atoms with van der Waals surface area (Å²) < 4.78 is 16.3. The van der Waals surface area contributed by atoms with Crippen LogP contribution in [0, 0.1) is 0 Å². The van der Waals surface area contributed by atoms with E-state index >= 15 is 0 Å². The van der Waals surface area contributed by atoms with Crippen molar-refractivity contribution in [2.75, 3.05) is 19.0 Å². The van der Waals surface area contributed by atoms with E-state index in [-0.39, 0.29) is 16.6 Å². The third kappa shape index (κ3) is 7.48. The average Bonchev–Trinajstić information content (AvgIpc) is 3.45. The predicted octanol–water partition coefficient (Wildman–Crippen LogP) is 4.31. The quantitative estimate of drug-likeness (QED) is 0.0963. The maximum atomic E-state index is 12.6. The number of ether oxygens (including phenoxy) is 3. The van der Waals surface area contributed by atoms with Crippen molar-refractivity contribution in [3.63, 3.8) is 0 Å². The van der Waals surface area contributed by atoms with Crippen LogP contribution in [0.25, 0.3) is 10.6 Å². The summed E-state index contributed by atoms with van der Waals surface area (Å²) in [5.41, 5.74) is 3.87. The van der Waals surface area contributed by atoms with Crippen LogP contribution in [-0.4, -0.2) is 47.9 Å². The van der Waals surface area contributed by atoms with Crippen LogP contribution >= 0.6 is 11.3 Å². The first-order chi connectivity index (χ1) is 19.5. The highest BCUT2D eigenvalue weighted by molar-refractivity contribution is 7.18. The van der Waals surface area contributed by atoms with E-state index < -0.39 is 17.8 Å². The molecule has 0 unspecified atom stereocenters. The molecule has 0 aliphatic heterocycles. The molecule has 12 heteroatoms. The highest BCUT2D eigenvalue weighted by atomic mass is 32.1. The molecule has 2 N–H and O–H groups in total. The van der Waals surface area contributed by atoms with Crippen molar-refractivity contribution in [1.29, 1.82) is 0 Å². The fourth-order valence-electron chi connectivity index (χ4n) is 3.26. The van der Waals surface area contributed by atoms with Crippen LogP contribution in [-0.2, 0) is 9.59 Å². The van der Waals surface area contributed by atoms with Gasteiger partial charge in [0.1, 0.15) is 10.8 Å². The lowest BCUT2D eigenvalue weighted by Crippen LogP contribution is -2.32. The minimum Gasteiger partial charge on any atom is -0.494 e. The van der Waals surface area contributed by atoms with Crippen LogP contribution in [0.2, 0.25) is 0 Å². The number of amides is 2. The molecule has 2 amide bonds. The smallest absolute Gasteiger partial charge is 0.343 e. The summed E-state index contributed by atoms with van der Waals surface area (Å²) >= 11 is 1.14. The van der Waals surface area contributed by atoms with Crippen LogP contribution < -0.4 is 25.0 Å². The second-order valence-electron chi connectivity index (χ2n) is 8.10. The SMILES string of the molecule is CCCOc1ccc(C(=O)Oc2ccc(/C=N/NC(=O)C(=O)Nc3nnc(-c4ccccc4)s3)cc2OC)cc1. The van der Waals surface area contributed by atoms with E-state index in [9.17, 15) is 14.4 Å². The number of rotatable bonds is 10. The lowest BCUT2D eigenvalue weighted by atomic mass is 10.2. The zero-order valence-corrected chi connectivity index (χ0v) is 22.4. The van der Waals surface area contributed by atoms with Crippen LogP contribution in [0.5, 0.6) is 17.2 Å². The Hall–Kier alpha value is -5.10. The van der Waals surface area contributed by atoms with E-state index in [0.717, 1.165) is 23.3 Å². The third-order valence-electron chi connectivity index (χ3n) is 5.21. The Kier molecular flexibility index (Phi) is 9.51. The number of carbonyl (C=O) groups excluding carboxylic acids is 3. The molecule has 1 aromatic heterocycles. The first-order valence-electron chi connectivity index (χ1n) is 12.1. The Morgan fingerprint density at radius 3 is 2.45 bits per heavy atom. The van der Waals surface area contributed by atoms with Crippen molar-refractivity contribution in [2.45, 2.75) is 13.3 Å². The number of hydrogen-bond donors (Lipinski definition) is 2. The number of benzene rings is 3. The van der Waals surface area contributed by atoms with Gasteiger partial charge in [0.2, 0.25) is 5.13 Å². The standard InChI is InChI=1S/C28H25N5O6S/c1-3-15-38-21-12-10-20(11-13-21)27(36)39-22-14-9-18(16-23(22)37-2)17-29-31-25(35)24(34)30-28-33-32-26(40-28)19-7-5-4-6-8-19/h4-14,16-17H,3,15H2,1-2H3,(H,31,35)(H,30,33,34)/b29-17+. The van der Waals surface area contributed by atoms with Crippen molar-refractivity contribution in [3.8, 4) is 27.8 Å². The number of anilines is 1. The molecule has 4 rings (SSSR count). The van der Waals surface area contributed by atoms with Crippen molar-refractivity contribution in [1.82, 2.24) is 15.6 Å². The Morgan fingerprint density at radius 2 is 1.73 bits per heavy atom. The van der Waals surface area contributed by atoms with E-state index in [1.54, 1.807) is 36.4 Å². The molecule has 3 aromatic carbocycles. The summed E-state index contributed by atoms with van der Waals surface area (Å²) in [6, 6.07) is 20.7. The monoisotopic (exact) mass is 559 g/mol. The predicted molar refractivity (Wildman–Crippen MR) is 150 cm³/mol. The Morgan fingerprint density at radius 1 is 0.950 bits per heavy atom. The van der Waals surface area contributed by atoms with E-state index in [2.05, 4.69) is 26.0 Å². The molecule has 11 nitrogen and oxygen atoms in total. The zero-order chi connectivity index (χ0) is 28.3. The Bertz CT molecular complexity index is 1510. The van der Waals surface area contributed by atoms with Gasteiger partial charge in [-0.15, -0.1) is 10.2 Å². The van der Waals surface area contributed by atoms with E-state index in [1.165, 1.54) is 19.4 Å². The van der Waals surface area contributed by atoms with Gasteiger partial charge in [-0.1, -0.05) is 48.6 Å². The molecule has 0 radical (unpaired) electrons. The largest absolute Gasteiger partial charge is 0.494 e. The molecular weight excluding hydrogens is 534 g/mol. The van der Waals surface area contributed by atoms with Gasteiger partial charge >= 0.3 is 17.8 Å². The van der Waals surface area contributed by atoms with Gasteiger partial charge < -0.3 is 14.2 Å². The number of aromatic nitrogens is 2. The number of hydrogen-bond acceptors (Lipinski definition) is 10. The number of nitrogens with one attached hydrogen (secondary N) is 2. The summed E-state index contributed by atoms with van der Waals surface area (Å²) in [5, 5.41) is 14.9. The fourth-order valence-corrected chi connectivity index (χ4v) is 4.00. The third-order valence-corrected chi connectivity index (χ3v) is 6.09. The molecule has 0 spiro atoms. The molecule has 0 aliphatic carbocycles. The molecule has 4 aromatic rings. The van der Waals surface area contributed by atoms with Crippen molar-refractivity contribution in [3.05, 3.63) is 83.9 Å². The van der Waals surface area contributed by atoms with Gasteiger partial charge in [-0.05, 0) is 54.4 Å². The van der Waals surface area contributed by atoms with Gasteiger partial charge in [-0.2, -0.15) is 5.10 Å². The first-order valence-corrected chi connectivity index (χ1v) is 12.9. The normalized spacial score (nSPS) is 10.7. The molecule has 0 bridgehead atoms. The minimum absolute atomic E-state index is 0.179. The summed E-state index contributed by atoms with van der Waals surface area (Å²) in [6.45, 7) is 2.60. The summed E-state index contributed by atoms with van der Waals surface area (Å²) in [5.74, 6) is -1.36. The fraction of sp³-hybridized carbons (Fsp3) is 0.143. The topological polar surface area (TPSA) is 141 Å². The molecule has 0 saturated carbocycles. The van der Waals surface area contributed by atoms with Crippen molar-refractivity contribution >= 4 is 40.5 Å². The number of carbonyl (C=O) groups is 3. The molecule has 0 aliphatic rings. The summed E-state index contributed by atoms with van der Waals surface area (Å²) in [7, 11) is 1.43. The second kappa shape index (κ2) is 13.6. The summed E-state index contributed by atoms with van der Waals surface area (Å²) in [6.07, 6.45) is 2.19. The average molecular weight is 560 g/mol. The highest BCUT2D eigenvalue weighted by Crippen LogP contribution is 2.29. The number of nitrogens with zero attached hydrogens (tertiary/aromatic N) is 3. The highest BCUT2D eigenvalue weighted by Gasteiger charge is 2.17. The Balaban J connectivity index is 1.31. The van der Waals surface area contributed by atoms with Gasteiger partial charge in [0.15, 0.2) is 11.5 Å². The van der Waals surface area contributed by atoms with E-state index in [0.29, 0.717) is 28.5 Å². The van der Waals surface area contributed by atoms with Crippen molar-refractivity contribution in [2.24, 2.45) is 5.10 Å². The number of methoxy groups -OCH3 is 1. The van der Waals surface area contributed by atoms with Crippen LogP contribution in [0.1, 0.15) is 29.3 Å². The summed E-state index contributed by atoms with van der Waals surface area (Å²) in [4.78, 5) is 36.9. The maximum Gasteiger partial charge on any atom is 0.343 e. The van der Waals surface area contributed by atoms with E-state index in [1.807, 2.05) is 37.3 Å². The van der Waals surface area contributed by atoms with Crippen molar-refractivity contribution < 1.29 is 28.6 Å². The van der Waals surface area contributed by atoms with Gasteiger partial charge in [0, 0.05) is 5.56 Å². The first kappa shape index (κ1) is 27.9. The number of esters is 1. The molecule has 0 fully saturated rings. The molecule has 40 heavy (non-hydrogen) atoms. The molecular formula is C28H25N5O6S. The van der Waals surface area contributed by atoms with E-state index in [4.69, 9.17) is 14.2 Å². The van der Waals surface area contributed by atoms with Gasteiger partial charge in [0.05, 0.1) is 25.5 Å². The number of hydrazone groups is 1. The van der Waals surface area contributed by atoms with Gasteiger partial charge in [-0.3, -0.25) is 14.9 Å². The molecule has 0 saturated heterocycles. The van der Waals surface area contributed by atoms with Gasteiger partial charge in [0.25, 0.3) is 0 Å². The minimum atomic E-state index is -0.990. The second-order valence-corrected chi connectivity index (χ2v) is 9.08. The lowest BCUT2D eigenvalue weighted by Gasteiger charge is -2.10. The van der Waals surface area contributed by atoms with Crippen LogP contribution in [0.3, 0.4) is 0 Å². The van der Waals surface area contributed by atoms with Crippen LogP contribution in [0.4, 0.5) is 5.13 Å². The van der Waals surface area contributed by atoms with Crippen LogP contribution in [0.15, 0.2) is 77.9 Å². The zero-order valence-electron chi connectivity index (χ0n) is 21.6. The Labute approximate surface area is 233 Å². The molecule has 0 atom stereocenters. The maximum absolute atomic E-state index is 12.6.